The zero-order valence-electron chi connectivity index (χ0n) is 25.9. The molecule has 1 saturated heterocycles. The minimum absolute atomic E-state index is 0.0904. The van der Waals surface area contributed by atoms with Crippen molar-refractivity contribution >= 4 is 64.6 Å². The molecule has 5 atom stereocenters. The maximum absolute atomic E-state index is 13.6. The van der Waals surface area contributed by atoms with E-state index in [0.29, 0.717) is 0 Å². The van der Waals surface area contributed by atoms with Gasteiger partial charge < -0.3 is 28.4 Å². The van der Waals surface area contributed by atoms with Gasteiger partial charge >= 0.3 is 23.9 Å². The smallest absolute Gasteiger partial charge is 0.338 e. The molecular formula is C36H28Cl3NO10. The maximum Gasteiger partial charge on any atom is 0.338 e. The van der Waals surface area contributed by atoms with Crippen molar-refractivity contribution in [2.75, 3.05) is 6.61 Å². The number of nitrogens with one attached hydrogen (secondary N) is 1. The van der Waals surface area contributed by atoms with Crippen LogP contribution in [0.2, 0.25) is 0 Å². The lowest BCUT2D eigenvalue weighted by molar-refractivity contribution is -0.279. The Labute approximate surface area is 301 Å². The van der Waals surface area contributed by atoms with Gasteiger partial charge in [0.25, 0.3) is 3.79 Å². The summed E-state index contributed by atoms with van der Waals surface area (Å²) in [5.74, 6) is -4.41. The monoisotopic (exact) mass is 739 g/mol. The summed E-state index contributed by atoms with van der Waals surface area (Å²) >= 11 is 17.8. The number of esters is 4. The third-order valence-electron chi connectivity index (χ3n) is 7.23. The fourth-order valence-corrected chi connectivity index (χ4v) is 4.94. The summed E-state index contributed by atoms with van der Waals surface area (Å²) < 4.78 is 32.5. The zero-order valence-corrected chi connectivity index (χ0v) is 28.1. The summed E-state index contributed by atoms with van der Waals surface area (Å²) in [5.41, 5.74) is 0.509. The summed E-state index contributed by atoms with van der Waals surface area (Å²) in [6.07, 6.45) is -8.34. The van der Waals surface area contributed by atoms with Gasteiger partial charge in [0.15, 0.2) is 12.2 Å². The molecular weight excluding hydrogens is 713 g/mol. The van der Waals surface area contributed by atoms with E-state index < -0.39 is 70.9 Å². The van der Waals surface area contributed by atoms with Crippen LogP contribution in [0.5, 0.6) is 0 Å². The highest BCUT2D eigenvalue weighted by Crippen LogP contribution is 2.35. The number of ether oxygens (including phenoxy) is 6. The van der Waals surface area contributed by atoms with Gasteiger partial charge in [0.05, 0.1) is 22.3 Å². The standard InChI is InChI=1S/C36H28Cl3NO10/c37-36(38,39)35(40)50-34-29(49-33(44)25-19-11-4-12-20-25)28(48-32(43)24-17-9-3-10-18-24)27(47-31(42)23-15-7-2-8-16-23)26(46-34)21-45-30(41)22-13-5-1-6-14-22/h1-20,26-29,34,40H,21H2/t26-,27+,28+,29-,34?/m1/s1. The van der Waals surface area contributed by atoms with Crippen LogP contribution in [-0.4, -0.2) is 70.9 Å². The molecule has 0 radical (unpaired) electrons. The van der Waals surface area contributed by atoms with Crippen molar-refractivity contribution in [2.24, 2.45) is 0 Å². The molecule has 258 valence electrons. The Kier molecular flexibility index (Phi) is 12.1. The summed E-state index contributed by atoms with van der Waals surface area (Å²) in [5, 5.41) is 8.26. The number of hydrogen-bond donors (Lipinski definition) is 1. The Morgan fingerprint density at radius 2 is 0.900 bits per heavy atom. The number of benzene rings is 4. The number of halogens is 3. The van der Waals surface area contributed by atoms with Crippen LogP contribution in [0.3, 0.4) is 0 Å². The van der Waals surface area contributed by atoms with Crippen LogP contribution in [-0.2, 0) is 28.4 Å². The Bertz CT molecular complexity index is 1790. The second-order valence-electron chi connectivity index (χ2n) is 10.7. The van der Waals surface area contributed by atoms with Crippen LogP contribution >= 0.6 is 34.8 Å². The van der Waals surface area contributed by atoms with Crippen molar-refractivity contribution < 1.29 is 47.6 Å². The Hall–Kier alpha value is -4.94. The highest BCUT2D eigenvalue weighted by Gasteiger charge is 2.55. The minimum atomic E-state index is -2.40. The second-order valence-corrected chi connectivity index (χ2v) is 12.9. The number of hydrogen-bond acceptors (Lipinski definition) is 11. The molecule has 0 bridgehead atoms. The highest BCUT2D eigenvalue weighted by molar-refractivity contribution is 6.76. The molecule has 14 heteroatoms. The molecule has 0 saturated carbocycles. The van der Waals surface area contributed by atoms with Crippen molar-refractivity contribution in [3.8, 4) is 0 Å². The largest absolute Gasteiger partial charge is 0.459 e. The quantitative estimate of drug-likeness (QED) is 0.0620. The topological polar surface area (TPSA) is 148 Å². The van der Waals surface area contributed by atoms with Gasteiger partial charge in [-0.1, -0.05) is 108 Å². The third-order valence-corrected chi connectivity index (χ3v) is 7.74. The predicted molar refractivity (Wildman–Crippen MR) is 181 cm³/mol. The first kappa shape index (κ1) is 36.3. The third kappa shape index (κ3) is 9.39. The van der Waals surface area contributed by atoms with Gasteiger partial charge in [-0.15, -0.1) is 0 Å². The van der Waals surface area contributed by atoms with E-state index in [9.17, 15) is 19.2 Å². The van der Waals surface area contributed by atoms with Crippen molar-refractivity contribution in [3.05, 3.63) is 144 Å². The van der Waals surface area contributed by atoms with Crippen molar-refractivity contribution in [1.29, 1.82) is 5.41 Å². The molecule has 4 aromatic carbocycles. The summed E-state index contributed by atoms with van der Waals surface area (Å²) in [4.78, 5) is 53.5. The molecule has 0 amide bonds. The SMILES string of the molecule is N=C(OC1O[C@H](COC(=O)c2ccccc2)[C@H](OC(=O)c2ccccc2)[C@H](OC(=O)c2ccccc2)[C@H]1OC(=O)c1ccccc1)C(Cl)(Cl)Cl. The van der Waals surface area contributed by atoms with Gasteiger partial charge in [0.1, 0.15) is 12.7 Å². The van der Waals surface area contributed by atoms with Crippen LogP contribution in [0.25, 0.3) is 0 Å². The number of carbonyl (C=O) groups excluding carboxylic acids is 4. The van der Waals surface area contributed by atoms with Crippen molar-refractivity contribution in [3.63, 3.8) is 0 Å². The second kappa shape index (κ2) is 16.6. The van der Waals surface area contributed by atoms with E-state index >= 15 is 0 Å². The van der Waals surface area contributed by atoms with E-state index in [-0.39, 0.29) is 22.3 Å². The highest BCUT2D eigenvalue weighted by atomic mass is 35.6. The molecule has 4 aromatic rings. The molecule has 0 spiro atoms. The van der Waals surface area contributed by atoms with Gasteiger partial charge in [-0.05, 0) is 48.5 Å². The van der Waals surface area contributed by atoms with Crippen molar-refractivity contribution in [2.45, 2.75) is 34.5 Å². The fourth-order valence-electron chi connectivity index (χ4n) is 4.81. The van der Waals surface area contributed by atoms with Crippen LogP contribution in [0.15, 0.2) is 121 Å². The maximum atomic E-state index is 13.6. The lowest BCUT2D eigenvalue weighted by Crippen LogP contribution is -2.63. The molecule has 1 N–H and O–H groups in total. The summed E-state index contributed by atoms with van der Waals surface area (Å²) in [6.45, 7) is -0.597. The molecule has 1 heterocycles. The van der Waals surface area contributed by atoms with Crippen LogP contribution in [0.1, 0.15) is 41.4 Å². The van der Waals surface area contributed by atoms with Crippen LogP contribution < -0.4 is 0 Å². The average molecular weight is 741 g/mol. The molecule has 11 nitrogen and oxygen atoms in total. The van der Waals surface area contributed by atoms with Crippen molar-refractivity contribution in [1.82, 2.24) is 0 Å². The molecule has 1 aliphatic rings. The van der Waals surface area contributed by atoms with E-state index in [1.54, 1.807) is 72.8 Å². The molecule has 50 heavy (non-hydrogen) atoms. The lowest BCUT2D eigenvalue weighted by atomic mass is 9.97. The first-order valence-electron chi connectivity index (χ1n) is 15.0. The van der Waals surface area contributed by atoms with E-state index in [0.717, 1.165) is 0 Å². The van der Waals surface area contributed by atoms with Crippen LogP contribution in [0.4, 0.5) is 0 Å². The van der Waals surface area contributed by atoms with Gasteiger partial charge in [-0.25, -0.2) is 19.2 Å². The summed E-state index contributed by atoms with van der Waals surface area (Å²) in [6, 6.07) is 31.5. The molecule has 5 rings (SSSR count). The Morgan fingerprint density at radius 3 is 1.30 bits per heavy atom. The van der Waals surface area contributed by atoms with E-state index in [4.69, 9.17) is 68.6 Å². The average Bonchev–Trinajstić information content (AvgIpc) is 3.13. The first-order chi connectivity index (χ1) is 24.0. The number of carbonyl (C=O) groups is 4. The van der Waals surface area contributed by atoms with E-state index in [1.165, 1.54) is 48.5 Å². The fraction of sp³-hybridized carbons (Fsp3) is 0.194. The molecule has 1 unspecified atom stereocenters. The number of rotatable bonds is 10. The first-order valence-corrected chi connectivity index (χ1v) is 16.1. The van der Waals surface area contributed by atoms with Gasteiger partial charge in [-0.3, -0.25) is 5.41 Å². The molecule has 0 aliphatic carbocycles. The molecule has 1 fully saturated rings. The van der Waals surface area contributed by atoms with Gasteiger partial charge in [0.2, 0.25) is 18.3 Å². The summed E-state index contributed by atoms with van der Waals surface area (Å²) in [7, 11) is 0. The van der Waals surface area contributed by atoms with E-state index in [2.05, 4.69) is 0 Å². The number of alkyl halides is 3. The Balaban J connectivity index is 1.58. The normalized spacial score (nSPS) is 20.1. The van der Waals surface area contributed by atoms with Gasteiger partial charge in [-0.2, -0.15) is 0 Å². The lowest BCUT2D eigenvalue weighted by Gasteiger charge is -2.44. The minimum Gasteiger partial charge on any atom is -0.459 e. The molecule has 0 aromatic heterocycles. The van der Waals surface area contributed by atoms with Gasteiger partial charge in [0, 0.05) is 0 Å². The van der Waals surface area contributed by atoms with Crippen LogP contribution in [0, 0.1) is 5.41 Å². The molecule has 1 aliphatic heterocycles. The predicted octanol–water partition coefficient (Wildman–Crippen LogP) is 6.61. The Morgan fingerprint density at radius 1 is 0.540 bits per heavy atom. The van der Waals surface area contributed by atoms with E-state index in [1.807, 2.05) is 0 Å². The zero-order chi connectivity index (χ0) is 35.7.